The number of rotatable bonds is 5. The molecule has 0 spiro atoms. The minimum atomic E-state index is -0.242. The van der Waals surface area contributed by atoms with Gasteiger partial charge in [-0.2, -0.15) is 4.98 Å². The number of amides is 1. The summed E-state index contributed by atoms with van der Waals surface area (Å²) in [5.41, 5.74) is 0.794. The number of carbonyl (C=O) groups excluding carboxylic acids is 1. The van der Waals surface area contributed by atoms with E-state index in [0.717, 1.165) is 5.56 Å². The van der Waals surface area contributed by atoms with E-state index in [-0.39, 0.29) is 19.1 Å². The van der Waals surface area contributed by atoms with Gasteiger partial charge >= 0.3 is 0 Å². The van der Waals surface area contributed by atoms with Crippen molar-refractivity contribution in [1.29, 1.82) is 0 Å². The number of carbonyl (C=O) groups is 1. The Balaban J connectivity index is 1.99. The summed E-state index contributed by atoms with van der Waals surface area (Å²) in [5, 5.41) is 7.06. The third kappa shape index (κ3) is 3.77. The van der Waals surface area contributed by atoms with Crippen LogP contribution in [0.2, 0.25) is 5.02 Å². The third-order valence-electron chi connectivity index (χ3n) is 2.28. The molecule has 0 radical (unpaired) electrons. The molecule has 1 amide bonds. The molecule has 0 bridgehead atoms. The molecular formula is C12H12ClN3O3. The highest BCUT2D eigenvalue weighted by molar-refractivity contribution is 6.30. The summed E-state index contributed by atoms with van der Waals surface area (Å²) in [7, 11) is 1.45. The lowest BCUT2D eigenvalue weighted by molar-refractivity contribution is -0.125. The first-order chi connectivity index (χ1) is 9.19. The number of benzene rings is 1. The number of hydrogen-bond acceptors (Lipinski definition) is 5. The average molecular weight is 282 g/mol. The molecule has 0 fully saturated rings. The zero-order valence-corrected chi connectivity index (χ0v) is 11.0. The molecule has 2 aromatic rings. The summed E-state index contributed by atoms with van der Waals surface area (Å²) in [6, 6.07) is 7.07. The molecule has 0 unspecified atom stereocenters. The Morgan fingerprint density at radius 3 is 2.84 bits per heavy atom. The third-order valence-corrected chi connectivity index (χ3v) is 2.53. The van der Waals surface area contributed by atoms with Crippen LogP contribution in [0.15, 0.2) is 28.8 Å². The Kier molecular flexibility index (Phi) is 4.48. The van der Waals surface area contributed by atoms with E-state index >= 15 is 0 Å². The maximum absolute atomic E-state index is 11.2. The smallest absolute Gasteiger partial charge is 0.246 e. The zero-order chi connectivity index (χ0) is 13.7. The molecule has 100 valence electrons. The van der Waals surface area contributed by atoms with E-state index in [9.17, 15) is 4.79 Å². The minimum absolute atomic E-state index is 0.00181. The van der Waals surface area contributed by atoms with Gasteiger partial charge in [0.2, 0.25) is 17.6 Å². The van der Waals surface area contributed by atoms with Gasteiger partial charge in [0.1, 0.15) is 6.61 Å². The highest BCUT2D eigenvalue weighted by Crippen LogP contribution is 2.18. The van der Waals surface area contributed by atoms with Crippen molar-refractivity contribution in [2.75, 3.05) is 13.7 Å². The van der Waals surface area contributed by atoms with Crippen molar-refractivity contribution in [3.8, 4) is 11.4 Å². The van der Waals surface area contributed by atoms with E-state index in [2.05, 4.69) is 20.2 Å². The standard InChI is InChI=1S/C12H12ClN3O3/c1-18-7-10(17)14-6-11-15-12(16-19-11)8-2-4-9(13)5-3-8/h2-5H,6-7H2,1H3,(H,14,17). The van der Waals surface area contributed by atoms with Crippen LogP contribution in [0, 0.1) is 0 Å². The number of methoxy groups -OCH3 is 1. The van der Waals surface area contributed by atoms with Crippen molar-refractivity contribution in [2.45, 2.75) is 6.54 Å². The monoisotopic (exact) mass is 281 g/mol. The second kappa shape index (κ2) is 6.31. The van der Waals surface area contributed by atoms with Gasteiger partial charge in [-0.25, -0.2) is 0 Å². The van der Waals surface area contributed by atoms with E-state index < -0.39 is 0 Å². The van der Waals surface area contributed by atoms with Crippen LogP contribution in [0.3, 0.4) is 0 Å². The summed E-state index contributed by atoms with van der Waals surface area (Å²) in [5.74, 6) is 0.538. The molecule has 1 N–H and O–H groups in total. The van der Waals surface area contributed by atoms with Gasteiger partial charge in [0, 0.05) is 17.7 Å². The van der Waals surface area contributed by atoms with Crippen LogP contribution in [-0.4, -0.2) is 29.8 Å². The lowest BCUT2D eigenvalue weighted by atomic mass is 10.2. The SMILES string of the molecule is COCC(=O)NCc1nc(-c2ccc(Cl)cc2)no1. The van der Waals surface area contributed by atoms with Crippen LogP contribution >= 0.6 is 11.6 Å². The van der Waals surface area contributed by atoms with Gasteiger partial charge in [0.15, 0.2) is 0 Å². The van der Waals surface area contributed by atoms with Gasteiger partial charge < -0.3 is 14.6 Å². The van der Waals surface area contributed by atoms with Gasteiger partial charge in [-0.3, -0.25) is 4.79 Å². The molecule has 1 aromatic carbocycles. The first-order valence-corrected chi connectivity index (χ1v) is 5.91. The molecule has 0 saturated carbocycles. The molecule has 0 aliphatic heterocycles. The molecule has 1 aromatic heterocycles. The van der Waals surface area contributed by atoms with Crippen molar-refractivity contribution < 1.29 is 14.1 Å². The lowest BCUT2D eigenvalue weighted by Crippen LogP contribution is -2.26. The molecule has 1 heterocycles. The van der Waals surface area contributed by atoms with Crippen LogP contribution in [-0.2, 0) is 16.1 Å². The largest absolute Gasteiger partial charge is 0.375 e. The first kappa shape index (κ1) is 13.5. The van der Waals surface area contributed by atoms with Gasteiger partial charge in [-0.1, -0.05) is 16.8 Å². The van der Waals surface area contributed by atoms with Crippen molar-refractivity contribution in [1.82, 2.24) is 15.5 Å². The molecule has 0 aliphatic carbocycles. The lowest BCUT2D eigenvalue weighted by Gasteiger charge is -1.99. The molecule has 2 rings (SSSR count). The Morgan fingerprint density at radius 2 is 2.16 bits per heavy atom. The quantitative estimate of drug-likeness (QED) is 0.902. The molecule has 6 nitrogen and oxygen atoms in total. The van der Waals surface area contributed by atoms with Gasteiger partial charge in [-0.05, 0) is 24.3 Å². The second-order valence-electron chi connectivity index (χ2n) is 3.73. The average Bonchev–Trinajstić information content (AvgIpc) is 2.86. The van der Waals surface area contributed by atoms with Crippen LogP contribution in [0.5, 0.6) is 0 Å². The van der Waals surface area contributed by atoms with E-state index in [0.29, 0.717) is 16.7 Å². The number of halogens is 1. The number of aromatic nitrogens is 2. The van der Waals surface area contributed by atoms with Crippen molar-refractivity contribution >= 4 is 17.5 Å². The Labute approximate surface area is 114 Å². The number of ether oxygens (including phenoxy) is 1. The highest BCUT2D eigenvalue weighted by Gasteiger charge is 2.09. The minimum Gasteiger partial charge on any atom is -0.375 e. The number of nitrogens with zero attached hydrogens (tertiary/aromatic N) is 2. The fraction of sp³-hybridized carbons (Fsp3) is 0.250. The summed E-state index contributed by atoms with van der Waals surface area (Å²) in [6.07, 6.45) is 0. The number of nitrogens with one attached hydrogen (secondary N) is 1. The zero-order valence-electron chi connectivity index (χ0n) is 10.2. The maximum atomic E-state index is 11.2. The summed E-state index contributed by atoms with van der Waals surface area (Å²) < 4.78 is 9.71. The van der Waals surface area contributed by atoms with Crippen molar-refractivity contribution in [3.63, 3.8) is 0 Å². The van der Waals surface area contributed by atoms with E-state index in [1.165, 1.54) is 7.11 Å². The predicted octanol–water partition coefficient (Wildman–Crippen LogP) is 1.65. The maximum Gasteiger partial charge on any atom is 0.246 e. The van der Waals surface area contributed by atoms with Crippen LogP contribution in [0.1, 0.15) is 5.89 Å². The summed E-state index contributed by atoms with van der Waals surface area (Å²) in [4.78, 5) is 15.4. The fourth-order valence-corrected chi connectivity index (χ4v) is 1.53. The van der Waals surface area contributed by atoms with E-state index in [1.54, 1.807) is 24.3 Å². The molecule has 0 aliphatic rings. The Morgan fingerprint density at radius 1 is 1.42 bits per heavy atom. The van der Waals surface area contributed by atoms with Crippen molar-refractivity contribution in [3.05, 3.63) is 35.2 Å². The predicted molar refractivity (Wildman–Crippen MR) is 68.5 cm³/mol. The van der Waals surface area contributed by atoms with Crippen molar-refractivity contribution in [2.24, 2.45) is 0 Å². The molecule has 0 atom stereocenters. The second-order valence-corrected chi connectivity index (χ2v) is 4.16. The summed E-state index contributed by atoms with van der Waals surface area (Å²) in [6.45, 7) is 0.168. The first-order valence-electron chi connectivity index (χ1n) is 5.53. The van der Waals surface area contributed by atoms with E-state index in [1.807, 2.05) is 0 Å². The van der Waals surface area contributed by atoms with Crippen LogP contribution in [0.25, 0.3) is 11.4 Å². The topological polar surface area (TPSA) is 77.2 Å². The molecular weight excluding hydrogens is 270 g/mol. The van der Waals surface area contributed by atoms with E-state index in [4.69, 9.17) is 16.1 Å². The Hall–Kier alpha value is -1.92. The van der Waals surface area contributed by atoms with Gasteiger partial charge in [0.25, 0.3) is 0 Å². The number of hydrogen-bond donors (Lipinski definition) is 1. The summed E-state index contributed by atoms with van der Waals surface area (Å²) >= 11 is 5.80. The molecule has 19 heavy (non-hydrogen) atoms. The van der Waals surface area contributed by atoms with Crippen LogP contribution in [0.4, 0.5) is 0 Å². The Bertz CT molecular complexity index is 554. The van der Waals surface area contributed by atoms with Gasteiger partial charge in [-0.15, -0.1) is 0 Å². The molecule has 7 heteroatoms. The normalized spacial score (nSPS) is 10.4. The highest BCUT2D eigenvalue weighted by atomic mass is 35.5. The fourth-order valence-electron chi connectivity index (χ4n) is 1.40. The van der Waals surface area contributed by atoms with Crippen LogP contribution < -0.4 is 5.32 Å². The molecule has 0 saturated heterocycles. The van der Waals surface area contributed by atoms with Gasteiger partial charge in [0.05, 0.1) is 6.54 Å².